The summed E-state index contributed by atoms with van der Waals surface area (Å²) in [7, 11) is 0. The zero-order chi connectivity index (χ0) is 20.1. The second-order valence-corrected chi connectivity index (χ2v) is 6.53. The second kappa shape index (κ2) is 8.71. The first-order chi connectivity index (χ1) is 13.5. The maximum absolute atomic E-state index is 12.5. The zero-order valence-electron chi connectivity index (χ0n) is 15.6. The number of nitrogens with zero attached hydrogens (tertiary/aromatic N) is 2. The van der Waals surface area contributed by atoms with Gasteiger partial charge in [0.1, 0.15) is 0 Å². The van der Waals surface area contributed by atoms with Gasteiger partial charge >= 0.3 is 0 Å². The molecule has 0 saturated heterocycles. The molecule has 1 N–H and O–H groups in total. The Balaban J connectivity index is 1.74. The van der Waals surface area contributed by atoms with Gasteiger partial charge in [-0.15, -0.1) is 0 Å². The Kier molecular flexibility index (Phi) is 6.11. The highest BCUT2D eigenvalue weighted by Gasteiger charge is 2.16. The summed E-state index contributed by atoms with van der Waals surface area (Å²) in [6, 6.07) is 15.4. The number of rotatable bonds is 6. The number of aromatic nitrogens is 1. The Morgan fingerprint density at radius 2 is 1.79 bits per heavy atom. The molecule has 6 nitrogen and oxygen atoms in total. The number of carbonyl (C=O) groups is 2. The van der Waals surface area contributed by atoms with Crippen molar-refractivity contribution in [3.8, 4) is 11.3 Å². The molecule has 0 aliphatic rings. The molecule has 1 aromatic heterocycles. The van der Waals surface area contributed by atoms with Crippen LogP contribution in [-0.4, -0.2) is 35.0 Å². The van der Waals surface area contributed by atoms with Gasteiger partial charge in [-0.1, -0.05) is 22.8 Å². The molecule has 0 unspecified atom stereocenters. The van der Waals surface area contributed by atoms with Crippen molar-refractivity contribution in [1.29, 1.82) is 0 Å². The minimum atomic E-state index is -0.420. The Bertz CT molecular complexity index is 979. The van der Waals surface area contributed by atoms with Gasteiger partial charge < -0.3 is 14.7 Å². The topological polar surface area (TPSA) is 75.4 Å². The molecule has 7 heteroatoms. The largest absolute Gasteiger partial charge is 0.355 e. The van der Waals surface area contributed by atoms with Crippen molar-refractivity contribution in [2.24, 2.45) is 0 Å². The summed E-state index contributed by atoms with van der Waals surface area (Å²) >= 11 is 5.88. The SMILES string of the molecule is CCN(CC)C(=O)c1cccc(NC(=O)c2cc(-c3ccc(Cl)cc3)on2)c1. The van der Waals surface area contributed by atoms with Gasteiger partial charge in [0, 0.05) is 41.0 Å². The summed E-state index contributed by atoms with van der Waals surface area (Å²) in [6.07, 6.45) is 0. The molecule has 0 atom stereocenters. The fraction of sp³-hybridized carbons (Fsp3) is 0.190. The molecular weight excluding hydrogens is 378 g/mol. The maximum Gasteiger partial charge on any atom is 0.277 e. The second-order valence-electron chi connectivity index (χ2n) is 6.10. The van der Waals surface area contributed by atoms with Gasteiger partial charge in [-0.25, -0.2) is 0 Å². The average Bonchev–Trinajstić information content (AvgIpc) is 3.20. The van der Waals surface area contributed by atoms with Crippen molar-refractivity contribution in [3.05, 3.63) is 70.9 Å². The van der Waals surface area contributed by atoms with E-state index < -0.39 is 5.91 Å². The molecule has 0 radical (unpaired) electrons. The van der Waals surface area contributed by atoms with Crippen LogP contribution in [0.2, 0.25) is 5.02 Å². The Hall–Kier alpha value is -3.12. The number of halogens is 1. The highest BCUT2D eigenvalue weighted by atomic mass is 35.5. The van der Waals surface area contributed by atoms with E-state index in [1.165, 1.54) is 0 Å². The molecule has 3 rings (SSSR count). The van der Waals surface area contributed by atoms with Crippen LogP contribution in [0.3, 0.4) is 0 Å². The summed E-state index contributed by atoms with van der Waals surface area (Å²) in [5.41, 5.74) is 1.94. The first kappa shape index (κ1) is 19.6. The minimum Gasteiger partial charge on any atom is -0.355 e. The number of benzene rings is 2. The molecule has 3 aromatic rings. The summed E-state index contributed by atoms with van der Waals surface area (Å²) in [5.74, 6) is -0.0313. The Morgan fingerprint density at radius 3 is 2.46 bits per heavy atom. The normalized spacial score (nSPS) is 10.5. The van der Waals surface area contributed by atoms with Crippen LogP contribution < -0.4 is 5.32 Å². The highest BCUT2D eigenvalue weighted by molar-refractivity contribution is 6.30. The van der Waals surface area contributed by atoms with Gasteiger partial charge in [-0.3, -0.25) is 9.59 Å². The first-order valence-corrected chi connectivity index (χ1v) is 9.33. The van der Waals surface area contributed by atoms with Crippen molar-refractivity contribution >= 4 is 29.1 Å². The quantitative estimate of drug-likeness (QED) is 0.652. The number of hydrogen-bond donors (Lipinski definition) is 1. The summed E-state index contributed by atoms with van der Waals surface area (Å²) in [4.78, 5) is 26.7. The third-order valence-corrected chi connectivity index (χ3v) is 4.54. The van der Waals surface area contributed by atoms with E-state index in [4.69, 9.17) is 16.1 Å². The van der Waals surface area contributed by atoms with Crippen LogP contribution in [0.4, 0.5) is 5.69 Å². The average molecular weight is 398 g/mol. The van der Waals surface area contributed by atoms with Crippen LogP contribution in [0.15, 0.2) is 59.1 Å². The molecule has 144 valence electrons. The van der Waals surface area contributed by atoms with E-state index in [1.807, 2.05) is 13.8 Å². The van der Waals surface area contributed by atoms with Crippen LogP contribution in [0.25, 0.3) is 11.3 Å². The number of amides is 2. The van der Waals surface area contributed by atoms with Crippen molar-refractivity contribution in [3.63, 3.8) is 0 Å². The lowest BCUT2D eigenvalue weighted by atomic mass is 10.1. The zero-order valence-corrected chi connectivity index (χ0v) is 16.4. The molecular formula is C21H20ClN3O3. The maximum atomic E-state index is 12.5. The lowest BCUT2D eigenvalue weighted by Crippen LogP contribution is -2.30. The van der Waals surface area contributed by atoms with Crippen molar-refractivity contribution < 1.29 is 14.1 Å². The van der Waals surface area contributed by atoms with Crippen LogP contribution in [0.5, 0.6) is 0 Å². The van der Waals surface area contributed by atoms with E-state index in [0.29, 0.717) is 35.1 Å². The van der Waals surface area contributed by atoms with Crippen LogP contribution in [-0.2, 0) is 0 Å². The molecule has 1 heterocycles. The molecule has 0 spiro atoms. The molecule has 2 aromatic carbocycles. The number of carbonyl (C=O) groups excluding carboxylic acids is 2. The molecule has 2 amide bonds. The van der Waals surface area contributed by atoms with Crippen LogP contribution in [0.1, 0.15) is 34.7 Å². The first-order valence-electron chi connectivity index (χ1n) is 8.95. The van der Waals surface area contributed by atoms with Crippen LogP contribution >= 0.6 is 11.6 Å². The predicted octanol–water partition coefficient (Wildman–Crippen LogP) is 4.73. The fourth-order valence-electron chi connectivity index (χ4n) is 2.75. The van der Waals surface area contributed by atoms with Crippen LogP contribution in [0, 0.1) is 0 Å². The standard InChI is InChI=1S/C21H20ClN3O3/c1-3-25(4-2)21(27)15-6-5-7-17(12-15)23-20(26)18-13-19(28-24-18)14-8-10-16(22)11-9-14/h5-13H,3-4H2,1-2H3,(H,23,26). The third-order valence-electron chi connectivity index (χ3n) is 4.29. The van der Waals surface area contributed by atoms with E-state index in [-0.39, 0.29) is 11.6 Å². The predicted molar refractivity (Wildman–Crippen MR) is 109 cm³/mol. The molecule has 0 aliphatic heterocycles. The molecule has 0 aliphatic carbocycles. The van der Waals surface area contributed by atoms with Gasteiger partial charge in [0.05, 0.1) is 0 Å². The number of nitrogens with one attached hydrogen (secondary N) is 1. The number of hydrogen-bond acceptors (Lipinski definition) is 4. The highest BCUT2D eigenvalue weighted by Crippen LogP contribution is 2.23. The van der Waals surface area contributed by atoms with Gasteiger partial charge in [0.2, 0.25) is 0 Å². The molecule has 0 fully saturated rings. The van der Waals surface area contributed by atoms with E-state index in [0.717, 1.165) is 5.56 Å². The molecule has 0 saturated carbocycles. The molecule has 28 heavy (non-hydrogen) atoms. The lowest BCUT2D eigenvalue weighted by molar-refractivity contribution is 0.0772. The van der Waals surface area contributed by atoms with E-state index in [2.05, 4.69) is 10.5 Å². The van der Waals surface area contributed by atoms with Gasteiger partial charge in [0.25, 0.3) is 11.8 Å². The molecule has 0 bridgehead atoms. The van der Waals surface area contributed by atoms with Crippen molar-refractivity contribution in [2.75, 3.05) is 18.4 Å². The smallest absolute Gasteiger partial charge is 0.277 e. The van der Waals surface area contributed by atoms with E-state index >= 15 is 0 Å². The van der Waals surface area contributed by atoms with E-state index in [9.17, 15) is 9.59 Å². The summed E-state index contributed by atoms with van der Waals surface area (Å²) in [6.45, 7) is 5.10. The Morgan fingerprint density at radius 1 is 1.07 bits per heavy atom. The monoisotopic (exact) mass is 397 g/mol. The summed E-state index contributed by atoms with van der Waals surface area (Å²) < 4.78 is 5.26. The van der Waals surface area contributed by atoms with E-state index in [1.54, 1.807) is 59.5 Å². The van der Waals surface area contributed by atoms with Gasteiger partial charge in [-0.2, -0.15) is 0 Å². The fourth-order valence-corrected chi connectivity index (χ4v) is 2.88. The van der Waals surface area contributed by atoms with Crippen molar-refractivity contribution in [1.82, 2.24) is 10.1 Å². The lowest BCUT2D eigenvalue weighted by Gasteiger charge is -2.18. The number of anilines is 1. The van der Waals surface area contributed by atoms with Crippen molar-refractivity contribution in [2.45, 2.75) is 13.8 Å². The Labute approximate surface area is 168 Å². The third kappa shape index (κ3) is 4.40. The summed E-state index contributed by atoms with van der Waals surface area (Å²) in [5, 5.41) is 7.19. The minimum absolute atomic E-state index is 0.0763. The van der Waals surface area contributed by atoms with Gasteiger partial charge in [-0.05, 0) is 56.3 Å². The van der Waals surface area contributed by atoms with Gasteiger partial charge in [0.15, 0.2) is 11.5 Å².